The molecule has 1 fully saturated rings. The number of benzene rings is 2. The minimum atomic E-state index is -2.30. The predicted molar refractivity (Wildman–Crippen MR) is 152 cm³/mol. The van der Waals surface area contributed by atoms with E-state index in [9.17, 15) is 39.9 Å². The Hall–Kier alpha value is -4.23. The van der Waals surface area contributed by atoms with E-state index < -0.39 is 73.6 Å². The SMILES string of the molecule is C#CCOc1ccc(CO[C@]2(C(=O)OC)C[C@H](O)[C@@H](NC(=O)CO)[C@H]([C@H](O)[C@H](O)CNC(=O)Cc3ccccc3O)O2)cc1. The highest BCUT2D eigenvalue weighted by Gasteiger charge is 2.56. The number of hydrogen-bond acceptors (Lipinski definition) is 12. The van der Waals surface area contributed by atoms with E-state index in [0.29, 0.717) is 16.9 Å². The van der Waals surface area contributed by atoms with Crippen molar-refractivity contribution in [1.29, 1.82) is 0 Å². The number of nitrogens with one attached hydrogen (secondary N) is 2. The van der Waals surface area contributed by atoms with Crippen LogP contribution in [0.5, 0.6) is 11.5 Å². The zero-order chi connectivity index (χ0) is 32.3. The standard InChI is InChI=1S/C30H36N2O12/c1-3-12-42-20-10-8-18(9-11-20)17-43-30(29(40)41-2)14-22(35)26(32-25(38)16-33)28(44-30)27(39)23(36)15-31-24(37)13-19-6-4-5-7-21(19)34/h1,4-11,22-23,26-28,33-36,39H,12-17H2,2H3,(H,31,37)(H,32,38)/t22-,23+,26+,27+,28+,30+/m0/s1. The molecular weight excluding hydrogens is 580 g/mol. The molecule has 1 heterocycles. The summed E-state index contributed by atoms with van der Waals surface area (Å²) in [5, 5.41) is 56.8. The van der Waals surface area contributed by atoms with Crippen LogP contribution in [0.4, 0.5) is 0 Å². The highest BCUT2D eigenvalue weighted by atomic mass is 16.7. The van der Waals surface area contributed by atoms with Crippen LogP contribution in [0.25, 0.3) is 0 Å². The quantitative estimate of drug-likeness (QED) is 0.0954. The fraction of sp³-hybridized carbons (Fsp3) is 0.433. The van der Waals surface area contributed by atoms with E-state index in [1.54, 1.807) is 42.5 Å². The summed E-state index contributed by atoms with van der Waals surface area (Å²) in [5.41, 5.74) is 0.889. The average Bonchev–Trinajstić information content (AvgIpc) is 3.03. The van der Waals surface area contributed by atoms with Crippen LogP contribution in [0.2, 0.25) is 0 Å². The molecule has 14 heteroatoms. The number of aliphatic hydroxyl groups excluding tert-OH is 4. The Morgan fingerprint density at radius 3 is 2.48 bits per heavy atom. The van der Waals surface area contributed by atoms with E-state index in [4.69, 9.17) is 25.4 Å². The van der Waals surface area contributed by atoms with E-state index in [1.807, 2.05) is 0 Å². The van der Waals surface area contributed by atoms with Crippen molar-refractivity contribution in [1.82, 2.24) is 10.6 Å². The number of aliphatic hydroxyl groups is 4. The summed E-state index contributed by atoms with van der Waals surface area (Å²) in [5.74, 6) is -2.14. The summed E-state index contributed by atoms with van der Waals surface area (Å²) < 4.78 is 21.9. The van der Waals surface area contributed by atoms with Crippen molar-refractivity contribution >= 4 is 17.8 Å². The molecule has 1 aliphatic rings. The number of rotatable bonds is 14. The number of aromatic hydroxyl groups is 1. The summed E-state index contributed by atoms with van der Waals surface area (Å²) in [6.45, 7) is -1.64. The Balaban J connectivity index is 1.78. The summed E-state index contributed by atoms with van der Waals surface area (Å²) in [7, 11) is 1.06. The molecule has 238 valence electrons. The number of amides is 2. The molecule has 2 aromatic carbocycles. The van der Waals surface area contributed by atoms with Crippen molar-refractivity contribution in [3.63, 3.8) is 0 Å². The third-order valence-electron chi connectivity index (χ3n) is 6.84. The van der Waals surface area contributed by atoms with Crippen molar-refractivity contribution in [3.8, 4) is 23.8 Å². The highest BCUT2D eigenvalue weighted by Crippen LogP contribution is 2.35. The number of ether oxygens (including phenoxy) is 4. The topological polar surface area (TPSA) is 213 Å². The lowest BCUT2D eigenvalue weighted by Crippen LogP contribution is -2.68. The van der Waals surface area contributed by atoms with E-state index in [-0.39, 0.29) is 25.4 Å². The van der Waals surface area contributed by atoms with Crippen LogP contribution in [0.15, 0.2) is 48.5 Å². The fourth-order valence-electron chi connectivity index (χ4n) is 4.55. The minimum absolute atomic E-state index is 0.0663. The minimum Gasteiger partial charge on any atom is -0.508 e. The number of para-hydroxylation sites is 1. The Kier molecular flexibility index (Phi) is 12.5. The number of carbonyl (C=O) groups is 3. The predicted octanol–water partition coefficient (Wildman–Crippen LogP) is -1.50. The van der Waals surface area contributed by atoms with Crippen LogP contribution < -0.4 is 15.4 Å². The van der Waals surface area contributed by atoms with Gasteiger partial charge in [0.1, 0.15) is 36.9 Å². The molecule has 14 nitrogen and oxygen atoms in total. The lowest BCUT2D eigenvalue weighted by molar-refractivity contribution is -0.315. The third kappa shape index (κ3) is 8.89. The van der Waals surface area contributed by atoms with Gasteiger partial charge in [0.25, 0.3) is 5.79 Å². The number of terminal acetylenes is 1. The van der Waals surface area contributed by atoms with Gasteiger partial charge in [-0.05, 0) is 23.8 Å². The maximum absolute atomic E-state index is 13.0. The number of esters is 1. The number of phenols is 1. The Morgan fingerprint density at radius 1 is 1.14 bits per heavy atom. The van der Waals surface area contributed by atoms with E-state index >= 15 is 0 Å². The zero-order valence-corrected chi connectivity index (χ0v) is 23.9. The molecule has 2 amide bonds. The van der Waals surface area contributed by atoms with Crippen LogP contribution >= 0.6 is 0 Å². The van der Waals surface area contributed by atoms with E-state index in [2.05, 4.69) is 16.6 Å². The van der Waals surface area contributed by atoms with Gasteiger partial charge < -0.3 is 55.1 Å². The smallest absolute Gasteiger partial charge is 0.366 e. The third-order valence-corrected chi connectivity index (χ3v) is 6.84. The second kappa shape index (κ2) is 16.0. The van der Waals surface area contributed by atoms with Crippen molar-refractivity contribution in [2.45, 2.75) is 55.7 Å². The number of carbonyl (C=O) groups excluding carboxylic acids is 3. The van der Waals surface area contributed by atoms with E-state index in [0.717, 1.165) is 7.11 Å². The molecule has 44 heavy (non-hydrogen) atoms. The molecule has 0 aromatic heterocycles. The van der Waals surface area contributed by atoms with Gasteiger partial charge in [-0.15, -0.1) is 6.42 Å². The summed E-state index contributed by atoms with van der Waals surface area (Å²) in [6, 6.07) is 11.3. The van der Waals surface area contributed by atoms with Gasteiger partial charge in [-0.1, -0.05) is 36.3 Å². The molecule has 1 aliphatic heterocycles. The van der Waals surface area contributed by atoms with Crippen molar-refractivity contribution in [2.24, 2.45) is 0 Å². The van der Waals surface area contributed by atoms with Gasteiger partial charge in [0.2, 0.25) is 11.8 Å². The molecule has 0 aliphatic carbocycles. The second-order valence-corrected chi connectivity index (χ2v) is 9.94. The monoisotopic (exact) mass is 616 g/mol. The van der Waals surface area contributed by atoms with Crippen LogP contribution in [0, 0.1) is 12.3 Å². The molecule has 7 N–H and O–H groups in total. The number of hydrogen-bond donors (Lipinski definition) is 7. The molecule has 0 spiro atoms. The second-order valence-electron chi connectivity index (χ2n) is 9.94. The van der Waals surface area contributed by atoms with E-state index in [1.165, 1.54) is 6.07 Å². The Morgan fingerprint density at radius 2 is 1.84 bits per heavy atom. The van der Waals surface area contributed by atoms with Gasteiger partial charge in [0.15, 0.2) is 0 Å². The molecular formula is C30H36N2O12. The van der Waals surface area contributed by atoms with Gasteiger partial charge in [-0.2, -0.15) is 0 Å². The van der Waals surface area contributed by atoms with Crippen LogP contribution in [-0.2, 0) is 41.6 Å². The normalized spacial score (nSPS) is 22.6. The molecule has 1 saturated heterocycles. The number of phenolic OH excluding ortho intramolecular Hbond substituents is 1. The van der Waals surface area contributed by atoms with Crippen molar-refractivity contribution < 1.29 is 58.9 Å². The zero-order valence-electron chi connectivity index (χ0n) is 23.9. The van der Waals surface area contributed by atoms with Crippen LogP contribution in [0.1, 0.15) is 17.5 Å². The van der Waals surface area contributed by atoms with Gasteiger partial charge in [-0.25, -0.2) is 4.79 Å². The van der Waals surface area contributed by atoms with Gasteiger partial charge in [0, 0.05) is 18.5 Å². The lowest BCUT2D eigenvalue weighted by atomic mass is 9.88. The first-order valence-electron chi connectivity index (χ1n) is 13.6. The van der Waals surface area contributed by atoms with Crippen molar-refractivity contribution in [3.05, 3.63) is 59.7 Å². The molecule has 3 rings (SSSR count). The lowest BCUT2D eigenvalue weighted by Gasteiger charge is -2.47. The molecule has 2 aromatic rings. The van der Waals surface area contributed by atoms with Gasteiger partial charge >= 0.3 is 5.97 Å². The van der Waals surface area contributed by atoms with Crippen LogP contribution in [-0.4, -0.2) is 106 Å². The molecule has 6 atom stereocenters. The first-order valence-corrected chi connectivity index (χ1v) is 13.6. The molecule has 0 unspecified atom stereocenters. The van der Waals surface area contributed by atoms with Gasteiger partial charge in [0.05, 0.1) is 38.4 Å². The molecule has 0 bridgehead atoms. The summed E-state index contributed by atoms with van der Waals surface area (Å²) >= 11 is 0. The summed E-state index contributed by atoms with van der Waals surface area (Å²) in [4.78, 5) is 37.5. The Labute approximate surface area is 253 Å². The first kappa shape index (κ1) is 34.3. The fourth-order valence-corrected chi connectivity index (χ4v) is 4.55. The molecule has 0 radical (unpaired) electrons. The summed E-state index contributed by atoms with van der Waals surface area (Å²) in [6.07, 6.45) is -2.54. The highest BCUT2D eigenvalue weighted by molar-refractivity contribution is 5.80. The average molecular weight is 617 g/mol. The maximum Gasteiger partial charge on any atom is 0.366 e. The Bertz CT molecular complexity index is 1310. The maximum atomic E-state index is 13.0. The first-order chi connectivity index (χ1) is 21.0. The molecule has 0 saturated carbocycles. The van der Waals surface area contributed by atoms with Gasteiger partial charge in [-0.3, -0.25) is 9.59 Å². The number of methoxy groups -OCH3 is 1. The van der Waals surface area contributed by atoms with Crippen molar-refractivity contribution in [2.75, 3.05) is 26.9 Å². The largest absolute Gasteiger partial charge is 0.508 e. The van der Waals surface area contributed by atoms with Crippen LogP contribution in [0.3, 0.4) is 0 Å².